The molecule has 0 aliphatic carbocycles. The Morgan fingerprint density at radius 1 is 1.36 bits per heavy atom. The fourth-order valence-corrected chi connectivity index (χ4v) is 1.96. The molecule has 0 N–H and O–H groups in total. The minimum atomic E-state index is -0.526. The first-order valence-electron chi connectivity index (χ1n) is 6.73. The maximum Gasteiger partial charge on any atom is 0.343 e. The Morgan fingerprint density at radius 3 is 2.68 bits per heavy atom. The first-order valence-corrected chi connectivity index (χ1v) is 6.73. The van der Waals surface area contributed by atoms with Crippen molar-refractivity contribution < 1.29 is 14.3 Å². The van der Waals surface area contributed by atoms with Gasteiger partial charge in [-0.25, -0.2) is 9.78 Å². The molecule has 0 radical (unpaired) electrons. The van der Waals surface area contributed by atoms with Crippen LogP contribution in [0.2, 0.25) is 0 Å². The van der Waals surface area contributed by atoms with Gasteiger partial charge in [0.15, 0.2) is 6.61 Å². The molecule has 6 heteroatoms. The Morgan fingerprint density at radius 2 is 2.09 bits per heavy atom. The van der Waals surface area contributed by atoms with Crippen LogP contribution >= 0.6 is 0 Å². The van der Waals surface area contributed by atoms with Gasteiger partial charge in [-0.2, -0.15) is 5.26 Å². The number of methoxy groups -OCH3 is 1. The van der Waals surface area contributed by atoms with Gasteiger partial charge in [0, 0.05) is 18.0 Å². The van der Waals surface area contributed by atoms with E-state index in [0.717, 1.165) is 16.8 Å². The molecule has 0 aliphatic rings. The normalized spacial score (nSPS) is 9.86. The number of aromatic nitrogens is 2. The number of rotatable bonds is 5. The first kappa shape index (κ1) is 15.4. The van der Waals surface area contributed by atoms with Crippen molar-refractivity contribution in [3.05, 3.63) is 41.9 Å². The van der Waals surface area contributed by atoms with Crippen LogP contribution < -0.4 is 4.74 Å². The van der Waals surface area contributed by atoms with Crippen LogP contribution in [0.15, 0.2) is 30.6 Å². The van der Waals surface area contributed by atoms with Gasteiger partial charge in [-0.1, -0.05) is 6.92 Å². The molecule has 0 atom stereocenters. The Bertz CT molecular complexity index is 709. The third-order valence-electron chi connectivity index (χ3n) is 3.07. The minimum absolute atomic E-state index is 0.141. The fourth-order valence-electron chi connectivity index (χ4n) is 1.96. The van der Waals surface area contributed by atoms with E-state index in [4.69, 9.17) is 4.74 Å². The van der Waals surface area contributed by atoms with Crippen molar-refractivity contribution in [1.29, 1.82) is 5.26 Å². The largest absolute Gasteiger partial charge is 0.466 e. The van der Waals surface area contributed by atoms with Crippen LogP contribution in [0.25, 0.3) is 11.1 Å². The highest BCUT2D eigenvalue weighted by atomic mass is 16.6. The maximum atomic E-state index is 11.2. The molecule has 0 bridgehead atoms. The van der Waals surface area contributed by atoms with Gasteiger partial charge in [0.25, 0.3) is 0 Å². The highest BCUT2D eigenvalue weighted by molar-refractivity contribution is 5.71. The Hall–Kier alpha value is -2.94. The second kappa shape index (κ2) is 7.18. The molecular formula is C16H15N3O3. The summed E-state index contributed by atoms with van der Waals surface area (Å²) in [5.74, 6) is -0.385. The van der Waals surface area contributed by atoms with Crippen molar-refractivity contribution in [2.24, 2.45) is 0 Å². The molecule has 0 amide bonds. The lowest BCUT2D eigenvalue weighted by Crippen LogP contribution is -2.14. The average molecular weight is 297 g/mol. The van der Waals surface area contributed by atoms with Crippen molar-refractivity contribution in [3.63, 3.8) is 0 Å². The molecule has 0 unspecified atom stereocenters. The van der Waals surface area contributed by atoms with E-state index in [-0.39, 0.29) is 18.1 Å². The zero-order chi connectivity index (χ0) is 15.9. The van der Waals surface area contributed by atoms with Gasteiger partial charge in [0.2, 0.25) is 5.88 Å². The van der Waals surface area contributed by atoms with Crippen LogP contribution in [0, 0.1) is 11.3 Å². The van der Waals surface area contributed by atoms with E-state index in [2.05, 4.69) is 14.7 Å². The first-order chi connectivity index (χ1) is 10.7. The molecule has 2 rings (SSSR count). The molecule has 22 heavy (non-hydrogen) atoms. The monoisotopic (exact) mass is 297 g/mol. The number of esters is 1. The van der Waals surface area contributed by atoms with Gasteiger partial charge in [-0.05, 0) is 30.2 Å². The molecule has 2 aromatic rings. The molecule has 2 aromatic heterocycles. The molecule has 112 valence electrons. The van der Waals surface area contributed by atoms with E-state index in [1.165, 1.54) is 7.11 Å². The van der Waals surface area contributed by atoms with Crippen molar-refractivity contribution in [1.82, 2.24) is 9.97 Å². The zero-order valence-electron chi connectivity index (χ0n) is 12.4. The van der Waals surface area contributed by atoms with E-state index in [0.29, 0.717) is 6.42 Å². The summed E-state index contributed by atoms with van der Waals surface area (Å²) >= 11 is 0. The van der Waals surface area contributed by atoms with Crippen LogP contribution in [0.1, 0.15) is 18.2 Å². The summed E-state index contributed by atoms with van der Waals surface area (Å²) in [6.45, 7) is 1.68. The standard InChI is InChI=1S/C16H15N3O3/c1-3-14-13(11-4-6-18-7-5-11)8-12(9-17)16(19-14)22-10-15(20)21-2/h4-8H,3,10H2,1-2H3. The van der Waals surface area contributed by atoms with Gasteiger partial charge < -0.3 is 9.47 Å². The smallest absolute Gasteiger partial charge is 0.343 e. The number of aryl methyl sites for hydroxylation is 1. The lowest BCUT2D eigenvalue weighted by Gasteiger charge is -2.12. The molecule has 0 aliphatic heterocycles. The molecule has 0 spiro atoms. The molecule has 0 saturated carbocycles. The fraction of sp³-hybridized carbons (Fsp3) is 0.250. The van der Waals surface area contributed by atoms with Crippen LogP contribution in [0.4, 0.5) is 0 Å². The summed E-state index contributed by atoms with van der Waals surface area (Å²) in [5.41, 5.74) is 2.83. The number of nitrogens with zero attached hydrogens (tertiary/aromatic N) is 3. The molecule has 0 aromatic carbocycles. The van der Waals surface area contributed by atoms with E-state index in [1.807, 2.05) is 25.1 Å². The van der Waals surface area contributed by atoms with Crippen LogP contribution in [0.3, 0.4) is 0 Å². The lowest BCUT2D eigenvalue weighted by molar-refractivity contribution is -0.143. The predicted molar refractivity (Wildman–Crippen MR) is 79.1 cm³/mol. The molecule has 0 fully saturated rings. The van der Waals surface area contributed by atoms with Gasteiger partial charge in [0.05, 0.1) is 12.8 Å². The molecule has 2 heterocycles. The number of hydrogen-bond acceptors (Lipinski definition) is 6. The van der Waals surface area contributed by atoms with E-state index in [9.17, 15) is 10.1 Å². The van der Waals surface area contributed by atoms with Gasteiger partial charge in [-0.3, -0.25) is 4.98 Å². The van der Waals surface area contributed by atoms with Crippen LogP contribution in [-0.4, -0.2) is 29.7 Å². The number of nitriles is 1. The number of ether oxygens (including phenoxy) is 2. The highest BCUT2D eigenvalue weighted by Gasteiger charge is 2.14. The van der Waals surface area contributed by atoms with E-state index < -0.39 is 5.97 Å². The molecular weight excluding hydrogens is 282 g/mol. The third-order valence-corrected chi connectivity index (χ3v) is 3.07. The van der Waals surface area contributed by atoms with Crippen molar-refractivity contribution >= 4 is 5.97 Å². The highest BCUT2D eigenvalue weighted by Crippen LogP contribution is 2.28. The number of pyridine rings is 2. The minimum Gasteiger partial charge on any atom is -0.466 e. The number of carbonyl (C=O) groups excluding carboxylic acids is 1. The molecule has 6 nitrogen and oxygen atoms in total. The van der Waals surface area contributed by atoms with Crippen molar-refractivity contribution in [2.45, 2.75) is 13.3 Å². The SMILES string of the molecule is CCc1nc(OCC(=O)OC)c(C#N)cc1-c1ccncc1. The van der Waals surface area contributed by atoms with E-state index >= 15 is 0 Å². The Balaban J connectivity index is 2.42. The average Bonchev–Trinajstić information content (AvgIpc) is 2.59. The van der Waals surface area contributed by atoms with Gasteiger partial charge >= 0.3 is 5.97 Å². The van der Waals surface area contributed by atoms with Crippen molar-refractivity contribution in [3.8, 4) is 23.1 Å². The zero-order valence-corrected chi connectivity index (χ0v) is 12.4. The van der Waals surface area contributed by atoms with Gasteiger partial charge in [-0.15, -0.1) is 0 Å². The summed E-state index contributed by atoms with van der Waals surface area (Å²) in [4.78, 5) is 19.5. The lowest BCUT2D eigenvalue weighted by atomic mass is 10.0. The number of hydrogen-bond donors (Lipinski definition) is 0. The summed E-state index contributed by atoms with van der Waals surface area (Å²) in [6, 6.07) is 7.47. The summed E-state index contributed by atoms with van der Waals surface area (Å²) in [7, 11) is 1.27. The summed E-state index contributed by atoms with van der Waals surface area (Å²) in [6.07, 6.45) is 4.03. The summed E-state index contributed by atoms with van der Waals surface area (Å²) in [5, 5.41) is 9.28. The van der Waals surface area contributed by atoms with Crippen molar-refractivity contribution in [2.75, 3.05) is 13.7 Å². The quantitative estimate of drug-likeness (QED) is 0.786. The Kier molecular flexibility index (Phi) is 5.04. The van der Waals surface area contributed by atoms with Gasteiger partial charge in [0.1, 0.15) is 11.6 Å². The third kappa shape index (κ3) is 3.38. The topological polar surface area (TPSA) is 85.1 Å². The summed E-state index contributed by atoms with van der Waals surface area (Å²) < 4.78 is 9.81. The second-order valence-corrected chi connectivity index (χ2v) is 4.40. The second-order valence-electron chi connectivity index (χ2n) is 4.40. The van der Waals surface area contributed by atoms with E-state index in [1.54, 1.807) is 18.5 Å². The number of carbonyl (C=O) groups is 1. The maximum absolute atomic E-state index is 11.2. The Labute approximate surface area is 128 Å². The predicted octanol–water partition coefficient (Wildman–Crippen LogP) is 2.13. The van der Waals surface area contributed by atoms with Crippen LogP contribution in [0.5, 0.6) is 5.88 Å². The molecule has 0 saturated heterocycles. The van der Waals surface area contributed by atoms with Crippen LogP contribution in [-0.2, 0) is 16.0 Å².